The first kappa shape index (κ1) is 16.8. The molecule has 0 spiro atoms. The van der Waals surface area contributed by atoms with Crippen LogP contribution in [0.25, 0.3) is 0 Å². The minimum absolute atomic E-state index is 0.387. The quantitative estimate of drug-likeness (QED) is 0.871. The highest BCUT2D eigenvalue weighted by Gasteiger charge is 2.24. The second kappa shape index (κ2) is 7.61. The zero-order valence-corrected chi connectivity index (χ0v) is 15.3. The Morgan fingerprint density at radius 1 is 1.43 bits per heavy atom. The highest BCUT2D eigenvalue weighted by Crippen LogP contribution is 2.32. The van der Waals surface area contributed by atoms with Crippen LogP contribution >= 0.6 is 15.9 Å². The fraction of sp³-hybridized carbons (Fsp3) is 0.647. The van der Waals surface area contributed by atoms with E-state index in [0.717, 1.165) is 24.1 Å². The number of nitrogens with one attached hydrogen (secondary N) is 1. The summed E-state index contributed by atoms with van der Waals surface area (Å²) in [6.07, 6.45) is 2.57. The SMILES string of the molecule is CCNC(C)c1ccc(Br)cc1N1CCCC(N(C)C)C1. The van der Waals surface area contributed by atoms with Crippen LogP contribution in [0.4, 0.5) is 5.69 Å². The van der Waals surface area contributed by atoms with Crippen LogP contribution in [-0.2, 0) is 0 Å². The summed E-state index contributed by atoms with van der Waals surface area (Å²) in [7, 11) is 4.38. The lowest BCUT2D eigenvalue weighted by atomic mass is 10.00. The van der Waals surface area contributed by atoms with Gasteiger partial charge in [0.05, 0.1) is 0 Å². The molecular weight excluding hydrogens is 326 g/mol. The predicted octanol–water partition coefficient (Wildman–Crippen LogP) is 3.65. The highest BCUT2D eigenvalue weighted by atomic mass is 79.9. The van der Waals surface area contributed by atoms with Crippen molar-refractivity contribution >= 4 is 21.6 Å². The van der Waals surface area contributed by atoms with Crippen LogP contribution in [0.15, 0.2) is 22.7 Å². The zero-order valence-electron chi connectivity index (χ0n) is 13.7. The summed E-state index contributed by atoms with van der Waals surface area (Å²) in [5.41, 5.74) is 2.78. The maximum Gasteiger partial charge on any atom is 0.0426 e. The Kier molecular flexibility index (Phi) is 6.08. The molecule has 0 bridgehead atoms. The molecule has 3 nitrogen and oxygen atoms in total. The van der Waals surface area contributed by atoms with E-state index in [1.807, 2.05) is 0 Å². The summed E-state index contributed by atoms with van der Waals surface area (Å²) < 4.78 is 1.16. The molecule has 1 aliphatic rings. The molecule has 1 saturated heterocycles. The first-order chi connectivity index (χ1) is 10.0. The first-order valence-corrected chi connectivity index (χ1v) is 8.76. The Balaban J connectivity index is 2.26. The first-order valence-electron chi connectivity index (χ1n) is 7.97. The van der Waals surface area contributed by atoms with E-state index >= 15 is 0 Å². The number of rotatable bonds is 5. The summed E-state index contributed by atoms with van der Waals surface area (Å²) in [6.45, 7) is 7.69. The molecule has 0 radical (unpaired) electrons. The zero-order chi connectivity index (χ0) is 15.4. The fourth-order valence-corrected chi connectivity index (χ4v) is 3.52. The van der Waals surface area contributed by atoms with E-state index in [1.54, 1.807) is 0 Å². The molecule has 2 rings (SSSR count). The Labute approximate surface area is 137 Å². The number of halogens is 1. The van der Waals surface area contributed by atoms with Crippen molar-refractivity contribution in [3.05, 3.63) is 28.2 Å². The minimum Gasteiger partial charge on any atom is -0.370 e. The van der Waals surface area contributed by atoms with Crippen LogP contribution in [0, 0.1) is 0 Å². The van der Waals surface area contributed by atoms with Gasteiger partial charge in [-0.25, -0.2) is 0 Å². The van der Waals surface area contributed by atoms with Crippen molar-refractivity contribution in [1.29, 1.82) is 0 Å². The monoisotopic (exact) mass is 353 g/mol. The molecule has 1 fully saturated rings. The fourth-order valence-electron chi connectivity index (χ4n) is 3.17. The number of piperidine rings is 1. The molecule has 0 aliphatic carbocycles. The number of hydrogen-bond donors (Lipinski definition) is 1. The molecule has 1 N–H and O–H groups in total. The van der Waals surface area contributed by atoms with E-state index in [0.29, 0.717) is 12.1 Å². The van der Waals surface area contributed by atoms with Crippen molar-refractivity contribution in [2.24, 2.45) is 0 Å². The van der Waals surface area contributed by atoms with Gasteiger partial charge in [0.1, 0.15) is 0 Å². The van der Waals surface area contributed by atoms with Gasteiger partial charge < -0.3 is 15.1 Å². The van der Waals surface area contributed by atoms with Crippen LogP contribution in [0.1, 0.15) is 38.3 Å². The average molecular weight is 354 g/mol. The molecule has 4 heteroatoms. The smallest absolute Gasteiger partial charge is 0.0426 e. The number of anilines is 1. The van der Waals surface area contributed by atoms with Gasteiger partial charge in [-0.3, -0.25) is 0 Å². The van der Waals surface area contributed by atoms with Crippen LogP contribution in [0.5, 0.6) is 0 Å². The lowest BCUT2D eigenvalue weighted by Crippen LogP contribution is -2.45. The van der Waals surface area contributed by atoms with E-state index in [4.69, 9.17) is 0 Å². The van der Waals surface area contributed by atoms with E-state index in [1.165, 1.54) is 24.1 Å². The Morgan fingerprint density at radius 3 is 2.86 bits per heavy atom. The van der Waals surface area contributed by atoms with Crippen molar-refractivity contribution < 1.29 is 0 Å². The Hall–Kier alpha value is -0.580. The molecule has 2 atom stereocenters. The van der Waals surface area contributed by atoms with Gasteiger partial charge >= 0.3 is 0 Å². The molecule has 1 aromatic carbocycles. The van der Waals surface area contributed by atoms with Gasteiger partial charge in [0.25, 0.3) is 0 Å². The molecule has 21 heavy (non-hydrogen) atoms. The predicted molar refractivity (Wildman–Crippen MR) is 95.2 cm³/mol. The third kappa shape index (κ3) is 4.21. The van der Waals surface area contributed by atoms with Gasteiger partial charge in [-0.05, 0) is 58.1 Å². The van der Waals surface area contributed by atoms with Crippen molar-refractivity contribution in [3.63, 3.8) is 0 Å². The third-order valence-corrected chi connectivity index (χ3v) is 4.93. The summed E-state index contributed by atoms with van der Waals surface area (Å²) in [6, 6.07) is 7.73. The molecular formula is C17H28BrN3. The van der Waals surface area contributed by atoms with E-state index < -0.39 is 0 Å². The minimum atomic E-state index is 0.387. The Morgan fingerprint density at radius 2 is 2.19 bits per heavy atom. The van der Waals surface area contributed by atoms with Gasteiger partial charge in [-0.1, -0.05) is 28.9 Å². The van der Waals surface area contributed by atoms with Crippen molar-refractivity contribution in [3.8, 4) is 0 Å². The largest absolute Gasteiger partial charge is 0.370 e. The van der Waals surface area contributed by atoms with Gasteiger partial charge in [-0.15, -0.1) is 0 Å². The molecule has 1 aromatic rings. The molecule has 0 amide bonds. The lowest BCUT2D eigenvalue weighted by Gasteiger charge is -2.39. The standard InChI is InChI=1S/C17H28BrN3/c1-5-19-13(2)16-9-8-14(18)11-17(16)21-10-6-7-15(12-21)20(3)4/h8-9,11,13,15,19H,5-7,10,12H2,1-4H3. The summed E-state index contributed by atoms with van der Waals surface area (Å²) in [5.74, 6) is 0. The Bertz CT molecular complexity index is 461. The van der Waals surface area contributed by atoms with Crippen LogP contribution in [0.3, 0.4) is 0 Å². The topological polar surface area (TPSA) is 18.5 Å². The summed E-state index contributed by atoms with van der Waals surface area (Å²) >= 11 is 3.64. The van der Waals surface area contributed by atoms with E-state index in [9.17, 15) is 0 Å². The average Bonchev–Trinajstić information content (AvgIpc) is 2.47. The summed E-state index contributed by atoms with van der Waals surface area (Å²) in [4.78, 5) is 4.92. The number of hydrogen-bond acceptors (Lipinski definition) is 3. The molecule has 1 heterocycles. The van der Waals surface area contributed by atoms with Gasteiger partial charge in [0.15, 0.2) is 0 Å². The van der Waals surface area contributed by atoms with Crippen molar-refractivity contribution in [1.82, 2.24) is 10.2 Å². The molecule has 1 aliphatic heterocycles. The molecule has 0 aromatic heterocycles. The number of nitrogens with zero attached hydrogens (tertiary/aromatic N) is 2. The maximum atomic E-state index is 3.64. The second-order valence-electron chi connectivity index (χ2n) is 6.19. The van der Waals surface area contributed by atoms with Gasteiger partial charge in [0, 0.05) is 35.3 Å². The normalized spacial score (nSPS) is 20.9. The van der Waals surface area contributed by atoms with Gasteiger partial charge in [0.2, 0.25) is 0 Å². The summed E-state index contributed by atoms with van der Waals surface area (Å²) in [5, 5.41) is 3.54. The maximum absolute atomic E-state index is 3.64. The van der Waals surface area contributed by atoms with Crippen molar-refractivity contribution in [2.75, 3.05) is 38.6 Å². The molecule has 118 valence electrons. The van der Waals surface area contributed by atoms with E-state index in [2.05, 4.69) is 77.2 Å². The van der Waals surface area contributed by atoms with Crippen LogP contribution in [0.2, 0.25) is 0 Å². The molecule has 2 unspecified atom stereocenters. The third-order valence-electron chi connectivity index (χ3n) is 4.44. The highest BCUT2D eigenvalue weighted by molar-refractivity contribution is 9.10. The van der Waals surface area contributed by atoms with Crippen LogP contribution in [-0.4, -0.2) is 44.7 Å². The lowest BCUT2D eigenvalue weighted by molar-refractivity contribution is 0.258. The van der Waals surface area contributed by atoms with Crippen LogP contribution < -0.4 is 10.2 Å². The van der Waals surface area contributed by atoms with E-state index in [-0.39, 0.29) is 0 Å². The van der Waals surface area contributed by atoms with Gasteiger partial charge in [-0.2, -0.15) is 0 Å². The number of likely N-dealkylation sites (N-methyl/N-ethyl adjacent to an activating group) is 1. The molecule has 0 saturated carbocycles. The second-order valence-corrected chi connectivity index (χ2v) is 7.10. The number of benzene rings is 1. The van der Waals surface area contributed by atoms with Crippen molar-refractivity contribution in [2.45, 2.75) is 38.8 Å².